The summed E-state index contributed by atoms with van der Waals surface area (Å²) in [5.41, 5.74) is 3.06. The molecule has 0 amide bonds. The molecule has 0 unspecified atom stereocenters. The van der Waals surface area contributed by atoms with Gasteiger partial charge < -0.3 is 9.30 Å². The van der Waals surface area contributed by atoms with E-state index in [4.69, 9.17) is 4.74 Å². The zero-order valence-corrected chi connectivity index (χ0v) is 18.6. The predicted octanol–water partition coefficient (Wildman–Crippen LogP) is 4.11. The second-order valence-electron chi connectivity index (χ2n) is 8.78. The van der Waals surface area contributed by atoms with Crippen LogP contribution in [0.1, 0.15) is 68.9 Å². The van der Waals surface area contributed by atoms with Gasteiger partial charge in [0, 0.05) is 13.2 Å². The van der Waals surface area contributed by atoms with Gasteiger partial charge in [-0.1, -0.05) is 32.1 Å². The van der Waals surface area contributed by atoms with Crippen LogP contribution in [0, 0.1) is 13.8 Å². The van der Waals surface area contributed by atoms with Gasteiger partial charge in [0.25, 0.3) is 5.56 Å². The molecule has 4 rings (SSSR count). The van der Waals surface area contributed by atoms with Gasteiger partial charge in [-0.15, -0.1) is 0 Å². The van der Waals surface area contributed by atoms with Gasteiger partial charge in [0.15, 0.2) is 11.5 Å². The summed E-state index contributed by atoms with van der Waals surface area (Å²) in [6.07, 6.45) is 11.0. The average Bonchev–Trinajstić information content (AvgIpc) is 3.25. The molecule has 1 saturated carbocycles. The van der Waals surface area contributed by atoms with Gasteiger partial charge >= 0.3 is 5.69 Å². The molecule has 0 radical (unpaired) electrons. The summed E-state index contributed by atoms with van der Waals surface area (Å²) in [7, 11) is 0. The number of aryl methyl sites for hydroxylation is 3. The third kappa shape index (κ3) is 5.03. The van der Waals surface area contributed by atoms with Crippen LogP contribution < -0.4 is 11.2 Å². The summed E-state index contributed by atoms with van der Waals surface area (Å²) in [6.45, 7) is 5.66. The molecule has 2 heterocycles. The predicted molar refractivity (Wildman–Crippen MR) is 122 cm³/mol. The number of aromatic nitrogens is 4. The van der Waals surface area contributed by atoms with Gasteiger partial charge in [-0.25, -0.2) is 9.78 Å². The molecule has 166 valence electrons. The molecule has 1 fully saturated rings. The summed E-state index contributed by atoms with van der Waals surface area (Å²) >= 11 is 0. The number of unbranched alkanes of at least 4 members (excludes halogenated alkanes) is 4. The van der Waals surface area contributed by atoms with Crippen molar-refractivity contribution in [2.45, 2.75) is 84.3 Å². The first-order valence-electron chi connectivity index (χ1n) is 11.6. The zero-order chi connectivity index (χ0) is 21.8. The highest BCUT2D eigenvalue weighted by Gasteiger charge is 2.19. The molecule has 0 spiro atoms. The number of rotatable bonds is 9. The van der Waals surface area contributed by atoms with Crippen molar-refractivity contribution in [1.82, 2.24) is 19.5 Å². The van der Waals surface area contributed by atoms with Crippen LogP contribution in [-0.2, 0) is 11.3 Å². The lowest BCUT2D eigenvalue weighted by molar-refractivity contribution is 0.0556. The molecule has 31 heavy (non-hydrogen) atoms. The van der Waals surface area contributed by atoms with Gasteiger partial charge in [-0.2, -0.15) is 4.98 Å². The molecule has 3 aliphatic rings. The molecule has 0 saturated heterocycles. The largest absolute Gasteiger partial charge is 0.378 e. The van der Waals surface area contributed by atoms with E-state index in [1.165, 1.54) is 25.7 Å². The van der Waals surface area contributed by atoms with E-state index in [-0.39, 0.29) is 5.69 Å². The molecule has 0 bridgehead atoms. The van der Waals surface area contributed by atoms with Crippen molar-refractivity contribution >= 4 is 11.0 Å². The van der Waals surface area contributed by atoms with E-state index in [0.717, 1.165) is 60.9 Å². The Bertz CT molecular complexity index is 1130. The number of nitrogens with one attached hydrogen (secondary N) is 1. The topological polar surface area (TPSA) is 89.9 Å². The maximum Gasteiger partial charge on any atom is 0.349 e. The maximum absolute atomic E-state index is 12.3. The van der Waals surface area contributed by atoms with Crippen LogP contribution in [0.15, 0.2) is 21.7 Å². The summed E-state index contributed by atoms with van der Waals surface area (Å²) in [5.74, 6) is 0.370. The Balaban J connectivity index is 1.42. The first-order valence-corrected chi connectivity index (χ1v) is 11.6. The number of fused-ring (bicyclic) bond motifs is 2. The number of hydrogen-bond acceptors (Lipinski definition) is 5. The molecule has 1 N–H and O–H groups in total. The van der Waals surface area contributed by atoms with E-state index in [0.29, 0.717) is 18.5 Å². The quantitative estimate of drug-likeness (QED) is 0.412. The lowest BCUT2D eigenvalue weighted by atomic mass is 10.1. The summed E-state index contributed by atoms with van der Waals surface area (Å²) < 4.78 is 7.93. The number of hydrogen-bond donors (Lipinski definition) is 1. The highest BCUT2D eigenvalue weighted by Crippen LogP contribution is 2.24. The fourth-order valence-electron chi connectivity index (χ4n) is 4.48. The van der Waals surface area contributed by atoms with E-state index in [1.54, 1.807) is 0 Å². The molecule has 7 nitrogen and oxygen atoms in total. The lowest BCUT2D eigenvalue weighted by Crippen LogP contribution is -2.29. The molecule has 1 aromatic carbocycles. The average molecular weight is 425 g/mol. The van der Waals surface area contributed by atoms with Gasteiger partial charge in [-0.05, 0) is 62.8 Å². The van der Waals surface area contributed by atoms with Crippen molar-refractivity contribution in [3.63, 3.8) is 0 Å². The smallest absolute Gasteiger partial charge is 0.349 e. The summed E-state index contributed by atoms with van der Waals surface area (Å²) in [5, 5.41) is 0. The van der Waals surface area contributed by atoms with E-state index in [9.17, 15) is 9.59 Å². The number of ether oxygens (including phenoxy) is 1. The molecular formula is C24H32N4O3. The first-order chi connectivity index (χ1) is 15.0. The lowest BCUT2D eigenvalue weighted by Gasteiger charge is -2.17. The van der Waals surface area contributed by atoms with Crippen LogP contribution in [-0.4, -0.2) is 32.2 Å². The Kier molecular flexibility index (Phi) is 6.80. The van der Waals surface area contributed by atoms with Gasteiger partial charge in [0.2, 0.25) is 0 Å². The van der Waals surface area contributed by atoms with Crippen LogP contribution >= 0.6 is 0 Å². The third-order valence-corrected chi connectivity index (χ3v) is 6.41. The SMILES string of the molecule is Cc1cc2nc3c(=O)[nH]c(=O)nc-3n(CCCCCCCOC3CCCC3)c2cc1C. The first kappa shape index (κ1) is 21.7. The summed E-state index contributed by atoms with van der Waals surface area (Å²) in [6, 6.07) is 4.07. The third-order valence-electron chi connectivity index (χ3n) is 6.41. The van der Waals surface area contributed by atoms with E-state index >= 15 is 0 Å². The van der Waals surface area contributed by atoms with Crippen molar-refractivity contribution in [2.24, 2.45) is 0 Å². The van der Waals surface area contributed by atoms with E-state index < -0.39 is 11.2 Å². The number of aromatic amines is 1. The minimum absolute atomic E-state index is 0.222. The number of H-pyrrole nitrogens is 1. The molecule has 1 aliphatic carbocycles. The Labute approximate surface area is 182 Å². The normalized spacial score (nSPS) is 14.8. The standard InChI is InChI=1S/C24H32N4O3/c1-16-14-19-20(15-17(16)2)28(22-21(25-19)23(29)27-24(30)26-22)12-8-4-3-5-9-13-31-18-10-6-7-11-18/h14-15,18H,3-13H2,1-2H3,(H,27,29,30). The van der Waals surface area contributed by atoms with E-state index in [2.05, 4.69) is 27.9 Å². The monoisotopic (exact) mass is 424 g/mol. The van der Waals surface area contributed by atoms with Crippen LogP contribution in [0.3, 0.4) is 0 Å². The highest BCUT2D eigenvalue weighted by molar-refractivity contribution is 5.81. The van der Waals surface area contributed by atoms with Crippen molar-refractivity contribution in [2.75, 3.05) is 6.61 Å². The van der Waals surface area contributed by atoms with Gasteiger partial charge in [-0.3, -0.25) is 9.78 Å². The second kappa shape index (κ2) is 9.73. The molecule has 0 atom stereocenters. The van der Waals surface area contributed by atoms with Crippen molar-refractivity contribution in [1.29, 1.82) is 0 Å². The number of nitrogens with zero attached hydrogens (tertiary/aromatic N) is 3. The Hall–Kier alpha value is -2.54. The highest BCUT2D eigenvalue weighted by atomic mass is 16.5. The Morgan fingerprint density at radius 3 is 2.52 bits per heavy atom. The minimum atomic E-state index is -0.626. The van der Waals surface area contributed by atoms with Gasteiger partial charge in [0.05, 0.1) is 17.1 Å². The maximum atomic E-state index is 12.3. The van der Waals surface area contributed by atoms with Crippen LogP contribution in [0.25, 0.3) is 22.6 Å². The van der Waals surface area contributed by atoms with Crippen LogP contribution in [0.5, 0.6) is 0 Å². The Morgan fingerprint density at radius 2 is 1.71 bits per heavy atom. The zero-order valence-electron chi connectivity index (χ0n) is 18.6. The number of benzene rings is 1. The Morgan fingerprint density at radius 1 is 1.00 bits per heavy atom. The molecule has 0 aromatic heterocycles. The van der Waals surface area contributed by atoms with Crippen molar-refractivity contribution in [3.8, 4) is 11.5 Å². The van der Waals surface area contributed by atoms with Crippen molar-refractivity contribution < 1.29 is 4.74 Å². The summed E-state index contributed by atoms with van der Waals surface area (Å²) in [4.78, 5) is 35.0. The van der Waals surface area contributed by atoms with Crippen molar-refractivity contribution in [3.05, 3.63) is 44.1 Å². The fourth-order valence-corrected chi connectivity index (χ4v) is 4.48. The van der Waals surface area contributed by atoms with E-state index in [1.807, 2.05) is 17.6 Å². The minimum Gasteiger partial charge on any atom is -0.378 e. The molecule has 2 aliphatic heterocycles. The second-order valence-corrected chi connectivity index (χ2v) is 8.78. The molecular weight excluding hydrogens is 392 g/mol. The molecule has 1 aromatic rings. The van der Waals surface area contributed by atoms with Crippen LogP contribution in [0.2, 0.25) is 0 Å². The van der Waals surface area contributed by atoms with Gasteiger partial charge in [0.1, 0.15) is 0 Å². The fraction of sp³-hybridized carbons (Fsp3) is 0.583. The molecule has 7 heteroatoms. The van der Waals surface area contributed by atoms with Crippen LogP contribution in [0.4, 0.5) is 0 Å².